The van der Waals surface area contributed by atoms with Gasteiger partial charge in [-0.2, -0.15) is 0 Å². The molecule has 0 saturated heterocycles. The van der Waals surface area contributed by atoms with E-state index in [0.717, 1.165) is 12.1 Å². The Labute approximate surface area is 113 Å². The number of sulfone groups is 1. The van der Waals surface area contributed by atoms with Crippen molar-refractivity contribution >= 4 is 31.7 Å². The van der Waals surface area contributed by atoms with Crippen molar-refractivity contribution in [3.05, 3.63) is 34.1 Å². The van der Waals surface area contributed by atoms with Crippen LogP contribution in [0.2, 0.25) is 0 Å². The highest BCUT2D eigenvalue weighted by atomic mass is 79.9. The molecule has 0 aliphatic carbocycles. The van der Waals surface area contributed by atoms with E-state index in [9.17, 15) is 17.6 Å². The van der Waals surface area contributed by atoms with E-state index in [4.69, 9.17) is 5.11 Å². The van der Waals surface area contributed by atoms with E-state index in [2.05, 4.69) is 15.9 Å². The maximum absolute atomic E-state index is 12.9. The van der Waals surface area contributed by atoms with Gasteiger partial charge in [0.2, 0.25) is 0 Å². The van der Waals surface area contributed by atoms with Crippen LogP contribution in [0.25, 0.3) is 0 Å². The van der Waals surface area contributed by atoms with Crippen LogP contribution in [-0.4, -0.2) is 24.7 Å². The minimum absolute atomic E-state index is 0.00349. The van der Waals surface area contributed by atoms with Gasteiger partial charge in [0, 0.05) is 4.47 Å². The molecule has 0 amide bonds. The van der Waals surface area contributed by atoms with Crippen LogP contribution in [0, 0.1) is 5.82 Å². The summed E-state index contributed by atoms with van der Waals surface area (Å²) in [6, 6.07) is 3.61. The molecule has 1 aromatic rings. The third kappa shape index (κ3) is 3.52. The van der Waals surface area contributed by atoms with Gasteiger partial charge in [-0.25, -0.2) is 12.8 Å². The predicted octanol–water partition coefficient (Wildman–Crippen LogP) is 2.37. The summed E-state index contributed by atoms with van der Waals surface area (Å²) in [6.45, 7) is 1.50. The van der Waals surface area contributed by atoms with E-state index in [-0.39, 0.29) is 6.42 Å². The molecule has 1 N–H and O–H groups in total. The SMILES string of the molecule is CCC(C(=O)O)S(=O)(=O)Cc1ccc(F)cc1Br. The summed E-state index contributed by atoms with van der Waals surface area (Å²) in [5.74, 6) is -2.29. The van der Waals surface area contributed by atoms with E-state index >= 15 is 0 Å². The highest BCUT2D eigenvalue weighted by Crippen LogP contribution is 2.22. The van der Waals surface area contributed by atoms with Gasteiger partial charge in [0.05, 0.1) is 5.75 Å². The Morgan fingerprint density at radius 1 is 1.50 bits per heavy atom. The Balaban J connectivity index is 3.05. The summed E-state index contributed by atoms with van der Waals surface area (Å²) in [7, 11) is -3.81. The Morgan fingerprint density at radius 3 is 2.56 bits per heavy atom. The molecule has 0 radical (unpaired) electrons. The van der Waals surface area contributed by atoms with Gasteiger partial charge in [-0.3, -0.25) is 4.79 Å². The second-order valence-electron chi connectivity index (χ2n) is 3.78. The number of rotatable bonds is 5. The second kappa shape index (κ2) is 5.79. The zero-order valence-electron chi connectivity index (χ0n) is 9.56. The van der Waals surface area contributed by atoms with Gasteiger partial charge in [-0.05, 0) is 24.1 Å². The smallest absolute Gasteiger partial charge is 0.321 e. The zero-order chi connectivity index (χ0) is 13.9. The lowest BCUT2D eigenvalue weighted by molar-refractivity contribution is -0.136. The number of hydrogen-bond donors (Lipinski definition) is 1. The summed E-state index contributed by atoms with van der Waals surface area (Å²) in [4.78, 5) is 10.9. The quantitative estimate of drug-likeness (QED) is 0.894. The highest BCUT2D eigenvalue weighted by molar-refractivity contribution is 9.10. The predicted molar refractivity (Wildman–Crippen MR) is 68.4 cm³/mol. The first-order valence-corrected chi connectivity index (χ1v) is 7.67. The van der Waals surface area contributed by atoms with E-state index in [1.807, 2.05) is 0 Å². The number of carboxylic acid groups (broad SMARTS) is 1. The second-order valence-corrected chi connectivity index (χ2v) is 6.82. The fraction of sp³-hybridized carbons (Fsp3) is 0.364. The highest BCUT2D eigenvalue weighted by Gasteiger charge is 2.31. The molecule has 0 heterocycles. The van der Waals surface area contributed by atoms with Crippen molar-refractivity contribution in [2.45, 2.75) is 24.3 Å². The Kier molecular flexibility index (Phi) is 4.86. The van der Waals surface area contributed by atoms with Crippen molar-refractivity contribution < 1.29 is 22.7 Å². The molecule has 0 spiro atoms. The molecule has 7 heteroatoms. The standard InChI is InChI=1S/C11H12BrFO4S/c1-2-10(11(14)15)18(16,17)6-7-3-4-8(13)5-9(7)12/h3-5,10H,2,6H2,1H3,(H,14,15). The molecular weight excluding hydrogens is 327 g/mol. The molecule has 0 saturated carbocycles. The molecule has 1 aromatic carbocycles. The Morgan fingerprint density at radius 2 is 2.11 bits per heavy atom. The summed E-state index contributed by atoms with van der Waals surface area (Å²) in [6.07, 6.45) is -0.00349. The summed E-state index contributed by atoms with van der Waals surface area (Å²) < 4.78 is 37.0. The lowest BCUT2D eigenvalue weighted by Gasteiger charge is -2.12. The molecule has 0 aromatic heterocycles. The monoisotopic (exact) mass is 338 g/mol. The Bertz CT molecular complexity index is 556. The maximum atomic E-state index is 12.9. The van der Waals surface area contributed by atoms with Crippen LogP contribution < -0.4 is 0 Å². The van der Waals surface area contributed by atoms with Gasteiger partial charge in [0.15, 0.2) is 15.1 Å². The number of benzene rings is 1. The van der Waals surface area contributed by atoms with E-state index in [1.165, 1.54) is 13.0 Å². The number of aliphatic carboxylic acids is 1. The summed E-state index contributed by atoms with van der Waals surface area (Å²) in [5, 5.41) is 7.41. The van der Waals surface area contributed by atoms with Crippen molar-refractivity contribution in [1.82, 2.24) is 0 Å². The normalized spacial score (nSPS) is 13.3. The van der Waals surface area contributed by atoms with Gasteiger partial charge < -0.3 is 5.11 Å². The van der Waals surface area contributed by atoms with E-state index in [0.29, 0.717) is 10.0 Å². The van der Waals surface area contributed by atoms with Crippen LogP contribution in [-0.2, 0) is 20.4 Å². The average molecular weight is 339 g/mol. The first-order valence-electron chi connectivity index (χ1n) is 5.16. The number of carbonyl (C=O) groups is 1. The Hall–Kier alpha value is -0.950. The van der Waals surface area contributed by atoms with Crippen molar-refractivity contribution in [2.24, 2.45) is 0 Å². The van der Waals surface area contributed by atoms with Gasteiger partial charge >= 0.3 is 5.97 Å². The minimum atomic E-state index is -3.81. The van der Waals surface area contributed by atoms with Crippen LogP contribution in [0.3, 0.4) is 0 Å². The molecule has 100 valence electrons. The van der Waals surface area contributed by atoms with Crippen molar-refractivity contribution in [3.8, 4) is 0 Å². The topological polar surface area (TPSA) is 71.4 Å². The fourth-order valence-corrected chi connectivity index (χ4v) is 3.92. The third-order valence-electron chi connectivity index (χ3n) is 2.45. The minimum Gasteiger partial charge on any atom is -0.480 e. The van der Waals surface area contributed by atoms with Crippen LogP contribution in [0.4, 0.5) is 4.39 Å². The molecule has 1 atom stereocenters. The number of carboxylic acids is 1. The van der Waals surface area contributed by atoms with Crippen molar-refractivity contribution in [2.75, 3.05) is 0 Å². The number of halogens is 2. The molecule has 1 rings (SSSR count). The lowest BCUT2D eigenvalue weighted by atomic mass is 10.2. The lowest BCUT2D eigenvalue weighted by Crippen LogP contribution is -2.30. The van der Waals surface area contributed by atoms with Crippen molar-refractivity contribution in [1.29, 1.82) is 0 Å². The zero-order valence-corrected chi connectivity index (χ0v) is 12.0. The third-order valence-corrected chi connectivity index (χ3v) is 5.31. The van der Waals surface area contributed by atoms with Gasteiger partial charge in [-0.15, -0.1) is 0 Å². The molecule has 4 nitrogen and oxygen atoms in total. The maximum Gasteiger partial charge on any atom is 0.321 e. The average Bonchev–Trinajstić information content (AvgIpc) is 2.22. The molecule has 0 bridgehead atoms. The molecular formula is C11H12BrFO4S. The molecule has 0 fully saturated rings. The van der Waals surface area contributed by atoms with Crippen LogP contribution in [0.15, 0.2) is 22.7 Å². The van der Waals surface area contributed by atoms with Crippen LogP contribution in [0.1, 0.15) is 18.9 Å². The van der Waals surface area contributed by atoms with Crippen LogP contribution in [0.5, 0.6) is 0 Å². The summed E-state index contributed by atoms with van der Waals surface area (Å²) >= 11 is 3.06. The van der Waals surface area contributed by atoms with Gasteiger partial charge in [-0.1, -0.05) is 28.9 Å². The van der Waals surface area contributed by atoms with Gasteiger partial charge in [0.25, 0.3) is 0 Å². The fourth-order valence-electron chi connectivity index (χ4n) is 1.54. The summed E-state index contributed by atoms with van der Waals surface area (Å²) in [5.41, 5.74) is 0.344. The molecule has 0 aliphatic rings. The van der Waals surface area contributed by atoms with Crippen LogP contribution >= 0.6 is 15.9 Å². The largest absolute Gasteiger partial charge is 0.480 e. The molecule has 0 aliphatic heterocycles. The van der Waals surface area contributed by atoms with Gasteiger partial charge in [0.1, 0.15) is 5.82 Å². The first-order chi connectivity index (χ1) is 8.27. The molecule has 18 heavy (non-hydrogen) atoms. The van der Waals surface area contributed by atoms with E-state index in [1.54, 1.807) is 0 Å². The first kappa shape index (κ1) is 15.1. The van der Waals surface area contributed by atoms with E-state index < -0.39 is 32.6 Å². The van der Waals surface area contributed by atoms with Crippen molar-refractivity contribution in [3.63, 3.8) is 0 Å². The molecule has 1 unspecified atom stereocenters. The number of hydrogen-bond acceptors (Lipinski definition) is 3.